The number of rotatable bonds is 20. The van der Waals surface area contributed by atoms with Crippen LogP contribution in [0.25, 0.3) is 0 Å². The lowest BCUT2D eigenvalue weighted by Gasteiger charge is -2.58. The summed E-state index contributed by atoms with van der Waals surface area (Å²) in [5.41, 5.74) is 4.07. The predicted molar refractivity (Wildman–Crippen MR) is 288 cm³/mol. The highest BCUT2D eigenvalue weighted by Crippen LogP contribution is 2.64. The van der Waals surface area contributed by atoms with Gasteiger partial charge in [0.25, 0.3) is 0 Å². The van der Waals surface area contributed by atoms with E-state index >= 15 is 0 Å². The van der Waals surface area contributed by atoms with Gasteiger partial charge in [-0.05, 0) is 159 Å². The molecule has 4 fully saturated rings. The summed E-state index contributed by atoms with van der Waals surface area (Å²) in [7, 11) is 3.69. The van der Waals surface area contributed by atoms with E-state index in [9.17, 15) is 10.2 Å². The molecule has 70 heavy (non-hydrogen) atoms. The van der Waals surface area contributed by atoms with Crippen molar-refractivity contribution in [2.24, 2.45) is 51.8 Å². The normalized spacial score (nSPS) is 32.1. The van der Waals surface area contributed by atoms with Gasteiger partial charge in [0.2, 0.25) is 0 Å². The van der Waals surface area contributed by atoms with Crippen LogP contribution in [0.3, 0.4) is 0 Å². The van der Waals surface area contributed by atoms with Crippen molar-refractivity contribution in [1.82, 2.24) is 10.6 Å². The fourth-order valence-electron chi connectivity index (χ4n) is 14.4. The zero-order valence-electron chi connectivity index (χ0n) is 47.4. The second kappa shape index (κ2) is 22.9. The lowest BCUT2D eigenvalue weighted by atomic mass is 9.48. The van der Waals surface area contributed by atoms with Crippen LogP contribution in [0.15, 0.2) is 24.3 Å². The number of aliphatic hydroxyl groups excluding tert-OH is 1. The van der Waals surface area contributed by atoms with E-state index in [1.54, 1.807) is 7.11 Å². The first-order valence-electron chi connectivity index (χ1n) is 28.4. The Morgan fingerprint density at radius 1 is 0.786 bits per heavy atom. The molecule has 2 aromatic rings. The van der Waals surface area contributed by atoms with E-state index < -0.39 is 6.10 Å². The minimum Gasteiger partial charge on any atom is -0.504 e. The number of hydrogen-bond acceptors (Lipinski definition) is 9. The number of hydrogen-bond donors (Lipinski definition) is 4. The van der Waals surface area contributed by atoms with Crippen LogP contribution in [0.5, 0.6) is 23.0 Å². The number of phenolic OH excluding ortho intramolecular Hbond substituents is 1. The minimum absolute atomic E-state index is 0.0320. The fraction of sp³-hybridized carbons (Fsp3) is 0.803. The molecule has 12 atom stereocenters. The van der Waals surface area contributed by atoms with Crippen LogP contribution < -0.4 is 24.8 Å². The van der Waals surface area contributed by atoms with E-state index in [0.29, 0.717) is 30.2 Å². The molecular formula is C61H102N2O7. The Balaban J connectivity index is 0.00000196. The van der Waals surface area contributed by atoms with E-state index in [1.807, 2.05) is 40.9 Å². The first-order chi connectivity index (χ1) is 33.3. The van der Waals surface area contributed by atoms with E-state index in [0.717, 1.165) is 93.5 Å². The Hall–Kier alpha value is -2.56. The molecule has 0 radical (unpaired) electrons. The van der Waals surface area contributed by atoms with Crippen LogP contribution in [-0.2, 0) is 33.1 Å². The first-order valence-corrected chi connectivity index (χ1v) is 28.4. The minimum atomic E-state index is -0.537. The molecule has 398 valence electrons. The zero-order chi connectivity index (χ0) is 51.6. The van der Waals surface area contributed by atoms with Crippen LogP contribution >= 0.6 is 0 Å². The van der Waals surface area contributed by atoms with Gasteiger partial charge in [0, 0.05) is 48.1 Å². The van der Waals surface area contributed by atoms with Crippen LogP contribution in [0.2, 0.25) is 0 Å². The van der Waals surface area contributed by atoms with E-state index in [4.69, 9.17) is 23.7 Å². The Bertz CT molecular complexity index is 2000. The van der Waals surface area contributed by atoms with Gasteiger partial charge in [-0.1, -0.05) is 116 Å². The van der Waals surface area contributed by atoms with Crippen molar-refractivity contribution in [3.05, 3.63) is 46.5 Å². The van der Waals surface area contributed by atoms with E-state index in [2.05, 4.69) is 105 Å². The molecule has 6 aliphatic rings. The molecule has 0 amide bonds. The van der Waals surface area contributed by atoms with Gasteiger partial charge in [-0.3, -0.25) is 0 Å². The second-order valence-corrected chi connectivity index (χ2v) is 24.6. The summed E-state index contributed by atoms with van der Waals surface area (Å²) in [6, 6.07) is 8.81. The van der Waals surface area contributed by atoms with Crippen molar-refractivity contribution in [2.45, 2.75) is 216 Å². The number of ether oxygens (including phenoxy) is 5. The highest BCUT2D eigenvalue weighted by molar-refractivity contribution is 5.61. The molecule has 1 heterocycles. The van der Waals surface area contributed by atoms with Gasteiger partial charge in [0.15, 0.2) is 23.0 Å². The van der Waals surface area contributed by atoms with Gasteiger partial charge < -0.3 is 44.5 Å². The summed E-state index contributed by atoms with van der Waals surface area (Å²) in [6.07, 6.45) is 10.6. The Kier molecular flexibility index (Phi) is 18.6. The number of nitrogens with one attached hydrogen (secondary N) is 2. The second-order valence-electron chi connectivity index (χ2n) is 24.6. The van der Waals surface area contributed by atoms with Crippen molar-refractivity contribution in [3.8, 4) is 23.0 Å². The lowest BCUT2D eigenvalue weighted by Crippen LogP contribution is -2.66. The average molecular weight is 975 g/mol. The third kappa shape index (κ3) is 10.7. The molecule has 8 rings (SSSR count). The molecule has 3 unspecified atom stereocenters. The molecule has 9 heteroatoms. The number of aryl methyl sites for hydroxylation is 1. The van der Waals surface area contributed by atoms with Crippen LogP contribution in [0.4, 0.5) is 0 Å². The van der Waals surface area contributed by atoms with Gasteiger partial charge in [0.05, 0.1) is 12.2 Å². The summed E-state index contributed by atoms with van der Waals surface area (Å²) < 4.78 is 33.4. The molecule has 0 saturated heterocycles. The van der Waals surface area contributed by atoms with Crippen LogP contribution in [-0.4, -0.2) is 87.7 Å². The molecule has 1 aliphatic heterocycles. The molecular weight excluding hydrogens is 873 g/mol. The van der Waals surface area contributed by atoms with Crippen molar-refractivity contribution < 1.29 is 33.9 Å². The lowest BCUT2D eigenvalue weighted by molar-refractivity contribution is -0.156. The van der Waals surface area contributed by atoms with E-state index in [1.165, 1.54) is 42.4 Å². The molecule has 0 bridgehead atoms. The molecule has 5 aliphatic carbocycles. The number of benzene rings is 2. The summed E-state index contributed by atoms with van der Waals surface area (Å²) in [5, 5.41) is 32.5. The van der Waals surface area contributed by atoms with Crippen molar-refractivity contribution in [2.75, 3.05) is 47.1 Å². The van der Waals surface area contributed by atoms with Gasteiger partial charge in [-0.25, -0.2) is 0 Å². The zero-order valence-corrected chi connectivity index (χ0v) is 47.4. The first kappa shape index (κ1) is 56.7. The summed E-state index contributed by atoms with van der Waals surface area (Å²) in [4.78, 5) is 0. The van der Waals surface area contributed by atoms with Crippen LogP contribution in [0.1, 0.15) is 184 Å². The maximum absolute atomic E-state index is 12.6. The number of phenols is 1. The molecule has 2 aromatic carbocycles. The Morgan fingerprint density at radius 3 is 1.97 bits per heavy atom. The Labute approximate surface area is 427 Å². The Morgan fingerprint density at radius 2 is 1.41 bits per heavy atom. The van der Waals surface area contributed by atoms with Gasteiger partial charge in [-0.2, -0.15) is 0 Å². The smallest absolute Gasteiger partial charge is 0.165 e. The average Bonchev–Trinajstić information content (AvgIpc) is 4.30. The summed E-state index contributed by atoms with van der Waals surface area (Å²) in [6.45, 7) is 36.8. The number of aromatic hydroxyl groups is 1. The van der Waals surface area contributed by atoms with Crippen LogP contribution in [0, 0.1) is 51.8 Å². The highest BCUT2D eigenvalue weighted by Gasteiger charge is 2.66. The van der Waals surface area contributed by atoms with Gasteiger partial charge in [0.1, 0.15) is 25.4 Å². The highest BCUT2D eigenvalue weighted by atomic mass is 16.6. The maximum atomic E-state index is 12.6. The number of aliphatic hydroxyl groups is 1. The largest absolute Gasteiger partial charge is 0.504 e. The summed E-state index contributed by atoms with van der Waals surface area (Å²) >= 11 is 0. The van der Waals surface area contributed by atoms with Crippen molar-refractivity contribution in [3.63, 3.8) is 0 Å². The van der Waals surface area contributed by atoms with Crippen molar-refractivity contribution >= 4 is 0 Å². The van der Waals surface area contributed by atoms with Gasteiger partial charge in [-0.15, -0.1) is 0 Å². The molecule has 4 N–H and O–H groups in total. The molecule has 9 nitrogen and oxygen atoms in total. The van der Waals surface area contributed by atoms with Gasteiger partial charge >= 0.3 is 0 Å². The van der Waals surface area contributed by atoms with E-state index in [-0.39, 0.29) is 69.6 Å². The standard InChI is InChI=1S/C57H90N2O7.2C2H6/c1-14-37-21-23-43(48(60)46(37)56(15-2)30-45(62-12)55(11,34(4)53(5,6)7)29-39(56)33-58-31-35-17-18-35)64-25-26-65-44-24-22-38-27-42(59-32-36-19-20-36)41-28-40(51(61)54(8,9)10)49(63-13)52-57(41,16-3)47(38)50(44)66-52;2*1-2/h21-24,34-36,39-42,45,49,51-52,58-61H,14-20,25-33H2,1-13H3;2*1-2H3/t34-,39?,40?,41?,42+,45-,49+,51+,52-,55+,56-,57-;;/m0../s1. The molecule has 4 saturated carbocycles. The number of methoxy groups -OCH3 is 2. The molecule has 0 spiro atoms. The SMILES string of the molecule is CC.CC.CCc1ccc(OCCOc2ccc3c4c2O[C@H]2[C@H](OC)C([C@@H](O)C(C)(C)C)CC([C@H](NCC5CC5)C3)[C@@]42CC)c(O)c1[C@@]1(CC)C[C@H](OC)[C@@](C)([C@@H](C)C(C)(C)C)CC1CNCC1CC1. The monoisotopic (exact) mass is 975 g/mol. The third-order valence-corrected chi connectivity index (χ3v) is 19.0. The summed E-state index contributed by atoms with van der Waals surface area (Å²) in [5.74, 6) is 4.86. The fourth-order valence-corrected chi connectivity index (χ4v) is 14.4. The predicted octanol–water partition coefficient (Wildman–Crippen LogP) is 12.6. The topological polar surface area (TPSA) is 111 Å². The maximum Gasteiger partial charge on any atom is 0.165 e. The van der Waals surface area contributed by atoms with Crippen molar-refractivity contribution in [1.29, 1.82) is 0 Å². The molecule has 0 aromatic heterocycles. The quantitative estimate of drug-likeness (QED) is 0.0964. The third-order valence-electron chi connectivity index (χ3n) is 19.0.